The van der Waals surface area contributed by atoms with Crippen molar-refractivity contribution in [3.63, 3.8) is 0 Å². The molecule has 300 valence electrons. The Morgan fingerprint density at radius 3 is 1.46 bits per heavy atom. The molecule has 4 fully saturated rings. The van der Waals surface area contributed by atoms with Crippen molar-refractivity contribution >= 4 is 58.4 Å². The number of likely N-dealkylation sites (tertiary alicyclic amines) is 4. The summed E-state index contributed by atoms with van der Waals surface area (Å²) in [6, 6.07) is -0.222. The summed E-state index contributed by atoms with van der Waals surface area (Å²) in [6.07, 6.45) is 5.55. The number of anilines is 2. The molecule has 2 aromatic rings. The lowest BCUT2D eigenvalue weighted by atomic mass is 10.0. The highest BCUT2D eigenvalue weighted by molar-refractivity contribution is 6.62. The number of carbonyl (C=O) groups excluding carboxylic acids is 6. The maximum Gasteiger partial charge on any atom is 0.410 e. The van der Waals surface area contributed by atoms with Crippen molar-refractivity contribution in [3.05, 3.63) is 24.8 Å². The van der Waals surface area contributed by atoms with E-state index < -0.39 is 16.6 Å². The lowest BCUT2D eigenvalue weighted by molar-refractivity contribution is -0.115. The van der Waals surface area contributed by atoms with Crippen molar-refractivity contribution in [3.8, 4) is 0 Å². The van der Waals surface area contributed by atoms with Crippen LogP contribution in [0.3, 0.4) is 0 Å². The van der Waals surface area contributed by atoms with E-state index in [1.807, 2.05) is 41.5 Å². The highest BCUT2D eigenvalue weighted by Gasteiger charge is 2.45. The first kappa shape index (κ1) is 43.5. The zero-order chi connectivity index (χ0) is 39.2. The van der Waals surface area contributed by atoms with E-state index in [1.54, 1.807) is 32.0 Å². The molecule has 6 amide bonds. The Morgan fingerprint density at radius 2 is 1.09 bits per heavy atom. The van der Waals surface area contributed by atoms with Crippen LogP contribution in [0.15, 0.2) is 24.8 Å². The van der Waals surface area contributed by atoms with Gasteiger partial charge in [-0.15, -0.1) is 0 Å². The SMILES string of the molecule is C.CC(=O)Nc1cn[nH]c1.CC(=O)Nc1cnn(C(=O)N2CC3CN(C(=O)OC(C)(C)C)CC3C2)c1.CC(C)(C)OC(=O)N1CC2CN(C(=O)Cl)CC2C1. The number of aromatic nitrogens is 4. The van der Waals surface area contributed by atoms with E-state index >= 15 is 0 Å². The molecule has 6 rings (SSSR count). The Hall–Kier alpha value is -4.87. The summed E-state index contributed by atoms with van der Waals surface area (Å²) in [4.78, 5) is 76.0. The van der Waals surface area contributed by atoms with Crippen LogP contribution in [-0.4, -0.2) is 139 Å². The molecule has 4 saturated heterocycles. The van der Waals surface area contributed by atoms with E-state index in [9.17, 15) is 28.8 Å². The van der Waals surface area contributed by atoms with Gasteiger partial charge >= 0.3 is 23.6 Å². The normalized spacial score (nSPS) is 21.4. The van der Waals surface area contributed by atoms with Gasteiger partial charge in [0.05, 0.1) is 30.0 Å². The number of hydrogen-bond acceptors (Lipinski definition) is 10. The van der Waals surface area contributed by atoms with Crippen LogP contribution in [0.5, 0.6) is 0 Å². The molecule has 54 heavy (non-hydrogen) atoms. The number of halogens is 1. The maximum atomic E-state index is 12.6. The number of amides is 6. The Balaban J connectivity index is 0.000000242. The van der Waals surface area contributed by atoms with Crippen molar-refractivity contribution < 1.29 is 38.2 Å². The van der Waals surface area contributed by atoms with Crippen LogP contribution >= 0.6 is 11.6 Å². The third-order valence-corrected chi connectivity index (χ3v) is 8.95. The number of carbonyl (C=O) groups is 6. The van der Waals surface area contributed by atoms with Crippen LogP contribution in [0.25, 0.3) is 0 Å². The lowest BCUT2D eigenvalue weighted by Gasteiger charge is -2.26. The number of H-pyrrole nitrogens is 1. The van der Waals surface area contributed by atoms with Crippen LogP contribution in [0.2, 0.25) is 0 Å². The fourth-order valence-corrected chi connectivity index (χ4v) is 6.74. The van der Waals surface area contributed by atoms with Crippen molar-refractivity contribution in [1.82, 2.24) is 39.6 Å². The van der Waals surface area contributed by atoms with Gasteiger partial charge in [0.2, 0.25) is 11.8 Å². The summed E-state index contributed by atoms with van der Waals surface area (Å²) in [7, 11) is 0. The maximum absolute atomic E-state index is 12.6. The van der Waals surface area contributed by atoms with E-state index in [0.29, 0.717) is 75.6 Å². The minimum absolute atomic E-state index is 0. The molecule has 0 spiro atoms. The van der Waals surface area contributed by atoms with Gasteiger partial charge in [0.1, 0.15) is 11.2 Å². The summed E-state index contributed by atoms with van der Waals surface area (Å²) < 4.78 is 12.0. The summed E-state index contributed by atoms with van der Waals surface area (Å²) in [5, 5.41) is 15.0. The summed E-state index contributed by atoms with van der Waals surface area (Å²) in [5.74, 6) is 0.862. The molecule has 4 unspecified atom stereocenters. The van der Waals surface area contributed by atoms with Crippen molar-refractivity contribution in [2.24, 2.45) is 23.7 Å². The molecule has 0 aromatic carbocycles. The first-order valence-electron chi connectivity index (χ1n) is 17.5. The monoisotopic (exact) mass is 778 g/mol. The number of nitrogens with one attached hydrogen (secondary N) is 3. The number of hydrogen-bond donors (Lipinski definition) is 3. The van der Waals surface area contributed by atoms with E-state index in [4.69, 9.17) is 21.1 Å². The standard InChI is InChI=1S/C17H25N5O4.C12H19ClN2O3.C5H7N3O.CH4/c1-11(23)19-14-5-18-22(10-14)15(24)20-6-12-8-21(9-13(12)7-20)16(25)26-17(2,3)4;1-12(2,3)18-11(17)15-6-8-4-14(10(13)16)5-9(8)7-15;1-4(9)8-5-2-6-7-3-5;/h5,10,12-13H,6-9H2,1-4H3,(H,19,23);8-9H,4-7H2,1-3H3;2-3H,1H3,(H,6,7)(H,8,9);1H4. The van der Waals surface area contributed by atoms with Gasteiger partial charge in [0.15, 0.2) is 0 Å². The molecule has 2 aromatic heterocycles. The highest BCUT2D eigenvalue weighted by atomic mass is 35.5. The summed E-state index contributed by atoms with van der Waals surface area (Å²) in [5.41, 5.74) is 0.207. The average Bonchev–Trinajstić information content (AvgIpc) is 3.84. The zero-order valence-electron chi connectivity index (χ0n) is 31.6. The predicted octanol–water partition coefficient (Wildman–Crippen LogP) is 4.76. The van der Waals surface area contributed by atoms with E-state index in [1.165, 1.54) is 30.9 Å². The molecule has 0 radical (unpaired) electrons. The fourth-order valence-electron chi connectivity index (χ4n) is 6.60. The van der Waals surface area contributed by atoms with Gasteiger partial charge in [-0.25, -0.2) is 14.4 Å². The molecule has 6 heterocycles. The molecule has 3 N–H and O–H groups in total. The zero-order valence-corrected chi connectivity index (χ0v) is 32.3. The van der Waals surface area contributed by atoms with Crippen LogP contribution in [0.1, 0.15) is 62.8 Å². The summed E-state index contributed by atoms with van der Waals surface area (Å²) in [6.45, 7) is 18.9. The Bertz CT molecular complexity index is 1610. The van der Waals surface area contributed by atoms with Gasteiger partial charge in [-0.2, -0.15) is 14.9 Å². The number of ether oxygens (including phenoxy) is 2. The highest BCUT2D eigenvalue weighted by Crippen LogP contribution is 2.33. The van der Waals surface area contributed by atoms with Crippen molar-refractivity contribution in [2.45, 2.75) is 74.0 Å². The van der Waals surface area contributed by atoms with Crippen LogP contribution in [-0.2, 0) is 19.1 Å². The van der Waals surface area contributed by atoms with E-state index in [-0.39, 0.29) is 49.3 Å². The first-order chi connectivity index (χ1) is 24.7. The molecular weight excluding hydrogens is 724 g/mol. The van der Waals surface area contributed by atoms with Gasteiger partial charge in [-0.1, -0.05) is 7.43 Å². The third-order valence-electron chi connectivity index (χ3n) is 8.71. The van der Waals surface area contributed by atoms with Crippen LogP contribution < -0.4 is 10.6 Å². The second kappa shape index (κ2) is 18.0. The smallest absolute Gasteiger partial charge is 0.410 e. The molecule has 0 aliphatic carbocycles. The topological polar surface area (TPSA) is 204 Å². The fraction of sp³-hybridized carbons (Fsp3) is 0.657. The predicted molar refractivity (Wildman–Crippen MR) is 201 cm³/mol. The van der Waals surface area contributed by atoms with Gasteiger partial charge < -0.3 is 39.7 Å². The second-order valence-corrected chi connectivity index (χ2v) is 16.0. The minimum Gasteiger partial charge on any atom is -0.444 e. The molecule has 0 saturated carbocycles. The molecule has 4 aliphatic rings. The number of aromatic amines is 1. The summed E-state index contributed by atoms with van der Waals surface area (Å²) >= 11 is 5.46. The third kappa shape index (κ3) is 12.6. The van der Waals surface area contributed by atoms with Crippen molar-refractivity contribution in [1.29, 1.82) is 0 Å². The number of nitrogens with zero attached hydrogens (tertiary/aromatic N) is 7. The van der Waals surface area contributed by atoms with E-state index in [0.717, 1.165) is 0 Å². The van der Waals surface area contributed by atoms with Crippen LogP contribution in [0.4, 0.5) is 30.6 Å². The molecular formula is C35H55ClN10O8. The van der Waals surface area contributed by atoms with Gasteiger partial charge in [-0.05, 0) is 53.1 Å². The largest absolute Gasteiger partial charge is 0.444 e. The van der Waals surface area contributed by atoms with E-state index in [2.05, 4.69) is 25.9 Å². The molecule has 0 bridgehead atoms. The minimum atomic E-state index is -0.511. The van der Waals surface area contributed by atoms with Gasteiger partial charge in [-0.3, -0.25) is 19.5 Å². The van der Waals surface area contributed by atoms with Crippen LogP contribution in [0, 0.1) is 23.7 Å². The molecule has 19 heteroatoms. The first-order valence-corrected chi connectivity index (χ1v) is 17.8. The molecule has 4 atom stereocenters. The molecule has 4 aliphatic heterocycles. The Morgan fingerprint density at radius 1 is 0.685 bits per heavy atom. The molecule has 18 nitrogen and oxygen atoms in total. The number of fused-ring (bicyclic) bond motifs is 2. The van der Waals surface area contributed by atoms with Crippen molar-refractivity contribution in [2.75, 3.05) is 63.0 Å². The number of rotatable bonds is 2. The Labute approximate surface area is 321 Å². The second-order valence-electron chi connectivity index (χ2n) is 15.7. The average molecular weight is 779 g/mol. The lowest BCUT2D eigenvalue weighted by Crippen LogP contribution is -2.39. The van der Waals surface area contributed by atoms with Gasteiger partial charge in [0, 0.05) is 96.1 Å². The Kier molecular flexibility index (Phi) is 14.5. The van der Waals surface area contributed by atoms with Gasteiger partial charge in [0.25, 0.3) is 0 Å². The quantitative estimate of drug-likeness (QED) is 0.282.